The maximum atomic E-state index is 13.1. The molecule has 156 valence electrons. The zero-order valence-corrected chi connectivity index (χ0v) is 17.2. The molecule has 5 rings (SSSR count). The van der Waals surface area contributed by atoms with Gasteiger partial charge in [-0.3, -0.25) is 14.4 Å². The van der Waals surface area contributed by atoms with Gasteiger partial charge in [0, 0.05) is 23.5 Å². The number of carbonyl (C=O) groups is 3. The van der Waals surface area contributed by atoms with E-state index >= 15 is 0 Å². The molecule has 6 heteroatoms. The van der Waals surface area contributed by atoms with E-state index in [9.17, 15) is 18.8 Å². The Hall–Kier alpha value is -3.80. The number of hydrogen-bond acceptors (Lipinski definition) is 3. The summed E-state index contributed by atoms with van der Waals surface area (Å²) in [7, 11) is 0. The van der Waals surface area contributed by atoms with Crippen LogP contribution in [-0.4, -0.2) is 24.1 Å². The van der Waals surface area contributed by atoms with E-state index in [4.69, 9.17) is 0 Å². The molecule has 0 bridgehead atoms. The zero-order chi connectivity index (χ0) is 22.2. The van der Waals surface area contributed by atoms with Crippen molar-refractivity contribution in [3.05, 3.63) is 84.2 Å². The molecule has 2 aliphatic carbocycles. The Balaban J connectivity index is 0.000000325. The van der Waals surface area contributed by atoms with E-state index in [2.05, 4.69) is 29.6 Å². The SMILES string of the molecule is CCN1C(=O)C(C(C)=O)(C(=O)Nc2ccc(F)cc2)c2ccccc21.c1cc2cc-2c1. The fraction of sp³-hybridized carbons (Fsp3) is 0.160. The minimum absolute atomic E-state index is 0.312. The van der Waals surface area contributed by atoms with Gasteiger partial charge in [0.25, 0.3) is 11.8 Å². The van der Waals surface area contributed by atoms with E-state index in [1.807, 2.05) is 0 Å². The van der Waals surface area contributed by atoms with E-state index in [1.54, 1.807) is 31.2 Å². The average molecular weight is 416 g/mol. The van der Waals surface area contributed by atoms with Crippen LogP contribution in [-0.2, 0) is 19.8 Å². The topological polar surface area (TPSA) is 66.5 Å². The first-order chi connectivity index (χ1) is 14.9. The number of nitrogens with zero attached hydrogens (tertiary/aromatic N) is 1. The molecule has 0 fully saturated rings. The molecule has 2 amide bonds. The molecule has 5 nitrogen and oxygen atoms in total. The van der Waals surface area contributed by atoms with E-state index in [1.165, 1.54) is 47.2 Å². The van der Waals surface area contributed by atoms with Crippen molar-refractivity contribution in [2.45, 2.75) is 19.3 Å². The quantitative estimate of drug-likeness (QED) is 0.504. The van der Waals surface area contributed by atoms with Gasteiger partial charge in [0.05, 0.1) is 0 Å². The van der Waals surface area contributed by atoms with E-state index in [0.29, 0.717) is 23.5 Å². The number of carbonyl (C=O) groups excluding carboxylic acids is 3. The summed E-state index contributed by atoms with van der Waals surface area (Å²) in [6.07, 6.45) is 0. The number of halogens is 1. The number of amides is 2. The molecule has 3 aliphatic rings. The molecule has 31 heavy (non-hydrogen) atoms. The average Bonchev–Trinajstić information content (AvgIpc) is 3.25. The van der Waals surface area contributed by atoms with Crippen molar-refractivity contribution < 1.29 is 18.8 Å². The predicted octanol–water partition coefficient (Wildman–Crippen LogP) is 4.32. The first kappa shape index (κ1) is 20.5. The van der Waals surface area contributed by atoms with Gasteiger partial charge in [-0.15, -0.1) is 0 Å². The number of benzene rings is 3. The minimum atomic E-state index is -1.93. The number of Topliss-reactive ketones (excluding diaryl/α,β-unsaturated/α-hetero) is 1. The summed E-state index contributed by atoms with van der Waals surface area (Å²) < 4.78 is 13.1. The molecular weight excluding hydrogens is 395 g/mol. The Kier molecular flexibility index (Phi) is 5.15. The van der Waals surface area contributed by atoms with Crippen molar-refractivity contribution in [3.8, 4) is 11.1 Å². The number of para-hydroxylation sites is 1. The van der Waals surface area contributed by atoms with Gasteiger partial charge in [0.2, 0.25) is 5.41 Å². The van der Waals surface area contributed by atoms with E-state index in [-0.39, 0.29) is 0 Å². The Bertz CT molecular complexity index is 1170. The second kappa shape index (κ2) is 7.80. The molecular formula is C25H21FN2O3. The van der Waals surface area contributed by atoms with Gasteiger partial charge >= 0.3 is 0 Å². The highest BCUT2D eigenvalue weighted by Gasteiger charge is 2.59. The molecule has 0 radical (unpaired) electrons. The highest BCUT2D eigenvalue weighted by molar-refractivity contribution is 6.37. The number of ketones is 1. The number of anilines is 2. The molecule has 2 aromatic rings. The van der Waals surface area contributed by atoms with Crippen LogP contribution in [0, 0.1) is 5.82 Å². The normalized spacial score (nSPS) is 17.4. The third-order valence-electron chi connectivity index (χ3n) is 5.56. The molecule has 1 aliphatic heterocycles. The van der Waals surface area contributed by atoms with Crippen LogP contribution >= 0.6 is 0 Å². The van der Waals surface area contributed by atoms with Crippen molar-refractivity contribution >= 4 is 29.0 Å². The van der Waals surface area contributed by atoms with Crippen LogP contribution in [0.4, 0.5) is 15.8 Å². The first-order valence-electron chi connectivity index (χ1n) is 9.99. The molecule has 2 aromatic carbocycles. The van der Waals surface area contributed by atoms with Crippen LogP contribution in [0.15, 0.2) is 72.8 Å². The standard InChI is InChI=1S/C19H17FN2O3.C6H4/c1-3-22-16-7-5-4-6-15(16)19(12(2)23,18(22)25)17(24)21-14-10-8-13(20)9-11-14;1-2-5-4-6(5)3-1/h4-11H,3H2,1-2H3,(H,21,24);1-4H. The lowest BCUT2D eigenvalue weighted by molar-refractivity contribution is -0.139. The molecule has 0 saturated carbocycles. The summed E-state index contributed by atoms with van der Waals surface area (Å²) in [5.74, 6) is -2.30. The van der Waals surface area contributed by atoms with Gasteiger partial charge in [-0.25, -0.2) is 4.39 Å². The predicted molar refractivity (Wildman–Crippen MR) is 117 cm³/mol. The Morgan fingerprint density at radius 2 is 1.61 bits per heavy atom. The lowest BCUT2D eigenvalue weighted by Gasteiger charge is -2.25. The van der Waals surface area contributed by atoms with Gasteiger partial charge < -0.3 is 10.2 Å². The summed E-state index contributed by atoms with van der Waals surface area (Å²) in [5.41, 5.74) is 2.16. The van der Waals surface area contributed by atoms with Crippen LogP contribution in [0.3, 0.4) is 0 Å². The molecule has 0 saturated heterocycles. The summed E-state index contributed by atoms with van der Waals surface area (Å²) >= 11 is 0. The summed E-state index contributed by atoms with van der Waals surface area (Å²) in [6, 6.07) is 20.4. The van der Waals surface area contributed by atoms with Crippen molar-refractivity contribution in [2.24, 2.45) is 0 Å². The van der Waals surface area contributed by atoms with Gasteiger partial charge in [-0.1, -0.05) is 36.4 Å². The second-order valence-electron chi connectivity index (χ2n) is 7.41. The van der Waals surface area contributed by atoms with E-state index in [0.717, 1.165) is 0 Å². The van der Waals surface area contributed by atoms with Crippen molar-refractivity contribution in [1.82, 2.24) is 0 Å². The first-order valence-corrected chi connectivity index (χ1v) is 9.99. The number of fused-ring (bicyclic) bond motifs is 2. The largest absolute Gasteiger partial charge is 0.324 e. The summed E-state index contributed by atoms with van der Waals surface area (Å²) in [5, 5.41) is 2.58. The van der Waals surface area contributed by atoms with Crippen molar-refractivity contribution in [2.75, 3.05) is 16.8 Å². The third-order valence-corrected chi connectivity index (χ3v) is 5.56. The number of rotatable bonds is 4. The van der Waals surface area contributed by atoms with Gasteiger partial charge in [-0.2, -0.15) is 0 Å². The van der Waals surface area contributed by atoms with Gasteiger partial charge in [0.1, 0.15) is 5.82 Å². The molecule has 1 atom stereocenters. The monoisotopic (exact) mass is 416 g/mol. The maximum Gasteiger partial charge on any atom is 0.254 e. The molecule has 0 spiro atoms. The Labute approximate surface area is 179 Å². The Morgan fingerprint density at radius 3 is 2.13 bits per heavy atom. The Morgan fingerprint density at radius 1 is 0.968 bits per heavy atom. The molecule has 1 unspecified atom stereocenters. The summed E-state index contributed by atoms with van der Waals surface area (Å²) in [4.78, 5) is 40.0. The van der Waals surface area contributed by atoms with Crippen molar-refractivity contribution in [3.63, 3.8) is 0 Å². The van der Waals surface area contributed by atoms with E-state index < -0.39 is 28.8 Å². The maximum absolute atomic E-state index is 13.1. The number of likely N-dealkylation sites (N-methyl/N-ethyl adjacent to an activating group) is 1. The minimum Gasteiger partial charge on any atom is -0.324 e. The number of nitrogens with one attached hydrogen (secondary N) is 1. The lowest BCUT2D eigenvalue weighted by atomic mass is 9.77. The molecule has 1 N–H and O–H groups in total. The number of hydrogen-bond donors (Lipinski definition) is 1. The highest BCUT2D eigenvalue weighted by Crippen LogP contribution is 2.43. The van der Waals surface area contributed by atoms with Crippen LogP contribution < -0.4 is 10.2 Å². The van der Waals surface area contributed by atoms with Gasteiger partial charge in [0.15, 0.2) is 5.78 Å². The molecule has 0 aromatic heterocycles. The fourth-order valence-corrected chi connectivity index (χ4v) is 3.92. The summed E-state index contributed by atoms with van der Waals surface area (Å²) in [6.45, 7) is 3.36. The van der Waals surface area contributed by atoms with Crippen LogP contribution in [0.1, 0.15) is 19.4 Å². The van der Waals surface area contributed by atoms with Crippen molar-refractivity contribution in [1.29, 1.82) is 0 Å². The molecule has 1 heterocycles. The third kappa shape index (κ3) is 3.40. The fourth-order valence-electron chi connectivity index (χ4n) is 3.92. The smallest absolute Gasteiger partial charge is 0.254 e. The second-order valence-corrected chi connectivity index (χ2v) is 7.41. The zero-order valence-electron chi connectivity index (χ0n) is 17.2. The lowest BCUT2D eigenvalue weighted by Crippen LogP contribution is -2.53. The van der Waals surface area contributed by atoms with Crippen LogP contribution in [0.25, 0.3) is 11.1 Å². The van der Waals surface area contributed by atoms with Crippen LogP contribution in [0.5, 0.6) is 0 Å². The highest BCUT2D eigenvalue weighted by atomic mass is 19.1. The van der Waals surface area contributed by atoms with Gasteiger partial charge in [-0.05, 0) is 61.4 Å². The van der Waals surface area contributed by atoms with Crippen LogP contribution in [0.2, 0.25) is 0 Å².